The van der Waals surface area contributed by atoms with Gasteiger partial charge < -0.3 is 5.32 Å². The van der Waals surface area contributed by atoms with E-state index in [1.54, 1.807) is 0 Å². The van der Waals surface area contributed by atoms with Gasteiger partial charge in [-0.1, -0.05) is 46.2 Å². The van der Waals surface area contributed by atoms with E-state index in [0.717, 1.165) is 0 Å². The van der Waals surface area contributed by atoms with Crippen molar-refractivity contribution in [3.63, 3.8) is 0 Å². The Morgan fingerprint density at radius 2 is 2.06 bits per heavy atom. The lowest BCUT2D eigenvalue weighted by Gasteiger charge is -2.27. The van der Waals surface area contributed by atoms with E-state index in [9.17, 15) is 0 Å². The maximum absolute atomic E-state index is 3.66. The summed E-state index contributed by atoms with van der Waals surface area (Å²) in [5, 5.41) is 3.66. The molecule has 0 saturated carbocycles. The molecule has 0 aliphatic carbocycles. The second-order valence-corrected chi connectivity index (χ2v) is 6.36. The first-order chi connectivity index (χ1) is 8.00. The van der Waals surface area contributed by atoms with Crippen molar-refractivity contribution in [3.8, 4) is 0 Å². The zero-order valence-corrected chi connectivity index (χ0v) is 11.6. The molecule has 0 aromatic heterocycles. The van der Waals surface area contributed by atoms with Gasteiger partial charge in [0.1, 0.15) is 0 Å². The first kappa shape index (κ1) is 12.5. The van der Waals surface area contributed by atoms with Crippen LogP contribution < -0.4 is 5.32 Å². The summed E-state index contributed by atoms with van der Waals surface area (Å²) in [7, 11) is 0. The first-order valence-electron chi connectivity index (χ1n) is 6.89. The number of benzene rings is 1. The van der Waals surface area contributed by atoms with Crippen LogP contribution in [0.1, 0.15) is 51.7 Å². The van der Waals surface area contributed by atoms with E-state index < -0.39 is 0 Å². The second kappa shape index (κ2) is 4.72. The Balaban J connectivity index is 2.11. The minimum Gasteiger partial charge on any atom is -0.381 e. The molecule has 1 aromatic rings. The molecule has 2 rings (SSSR count). The number of nitrogens with one attached hydrogen (secondary N) is 1. The summed E-state index contributed by atoms with van der Waals surface area (Å²) in [4.78, 5) is 0. The summed E-state index contributed by atoms with van der Waals surface area (Å²) < 4.78 is 0. The third kappa shape index (κ3) is 2.83. The molecule has 1 heterocycles. The fourth-order valence-corrected chi connectivity index (χ4v) is 2.47. The number of anilines is 1. The van der Waals surface area contributed by atoms with Crippen molar-refractivity contribution in [1.29, 1.82) is 0 Å². The molecule has 1 unspecified atom stereocenters. The van der Waals surface area contributed by atoms with Crippen molar-refractivity contribution in [3.05, 3.63) is 29.3 Å². The van der Waals surface area contributed by atoms with Crippen LogP contribution in [0.3, 0.4) is 0 Å². The number of unbranched alkanes of at least 4 members (excludes halogenated alkanes) is 1. The van der Waals surface area contributed by atoms with E-state index in [2.05, 4.69) is 51.2 Å². The van der Waals surface area contributed by atoms with Crippen molar-refractivity contribution >= 4 is 5.69 Å². The van der Waals surface area contributed by atoms with Crippen LogP contribution in [0.15, 0.2) is 18.2 Å². The van der Waals surface area contributed by atoms with Gasteiger partial charge in [-0.3, -0.25) is 0 Å². The Morgan fingerprint density at radius 3 is 2.71 bits per heavy atom. The highest BCUT2D eigenvalue weighted by molar-refractivity contribution is 5.58. The standard InChI is InChI=1S/C16H25N/c1-5-6-7-12-8-9-14-13(10-12)11-15(17-14)16(2,3)4/h8-10,15,17H,5-7,11H2,1-4H3. The molecule has 1 aliphatic rings. The minimum atomic E-state index is 0.336. The lowest BCUT2D eigenvalue weighted by Crippen LogP contribution is -2.31. The summed E-state index contributed by atoms with van der Waals surface area (Å²) in [6, 6.07) is 7.54. The fourth-order valence-electron chi connectivity index (χ4n) is 2.47. The van der Waals surface area contributed by atoms with Crippen LogP contribution in [-0.2, 0) is 12.8 Å². The molecular weight excluding hydrogens is 206 g/mol. The normalized spacial score (nSPS) is 18.9. The lowest BCUT2D eigenvalue weighted by molar-refractivity contribution is 0.347. The Kier molecular flexibility index (Phi) is 3.46. The number of rotatable bonds is 3. The Bertz CT molecular complexity index is 387. The van der Waals surface area contributed by atoms with E-state index in [4.69, 9.17) is 0 Å². The monoisotopic (exact) mass is 231 g/mol. The van der Waals surface area contributed by atoms with Crippen LogP contribution in [0.2, 0.25) is 0 Å². The average molecular weight is 231 g/mol. The minimum absolute atomic E-state index is 0.336. The van der Waals surface area contributed by atoms with E-state index in [0.29, 0.717) is 11.5 Å². The summed E-state index contributed by atoms with van der Waals surface area (Å²) in [5.74, 6) is 0. The van der Waals surface area contributed by atoms with Crippen molar-refractivity contribution in [2.75, 3.05) is 5.32 Å². The molecular formula is C16H25N. The van der Waals surface area contributed by atoms with Gasteiger partial charge in [0.2, 0.25) is 0 Å². The SMILES string of the molecule is CCCCc1ccc2c(c1)CC(C(C)(C)C)N2. The van der Waals surface area contributed by atoms with Crippen molar-refractivity contribution in [2.45, 2.75) is 59.4 Å². The molecule has 1 aromatic carbocycles. The van der Waals surface area contributed by atoms with E-state index in [1.165, 1.54) is 42.5 Å². The quantitative estimate of drug-likeness (QED) is 0.812. The summed E-state index contributed by atoms with van der Waals surface area (Å²) in [6.45, 7) is 9.20. The van der Waals surface area contributed by atoms with Gasteiger partial charge in [-0.15, -0.1) is 0 Å². The molecule has 1 nitrogen and oxygen atoms in total. The van der Waals surface area contributed by atoms with Gasteiger partial charge in [-0.25, -0.2) is 0 Å². The average Bonchev–Trinajstić information content (AvgIpc) is 2.68. The van der Waals surface area contributed by atoms with Gasteiger partial charge in [0.05, 0.1) is 0 Å². The highest BCUT2D eigenvalue weighted by Crippen LogP contribution is 2.34. The molecule has 0 saturated heterocycles. The van der Waals surface area contributed by atoms with E-state index >= 15 is 0 Å². The summed E-state index contributed by atoms with van der Waals surface area (Å²) in [6.07, 6.45) is 4.98. The maximum Gasteiger partial charge on any atom is 0.0376 e. The smallest absolute Gasteiger partial charge is 0.0376 e. The van der Waals surface area contributed by atoms with Crippen molar-refractivity contribution in [1.82, 2.24) is 0 Å². The molecule has 1 N–H and O–H groups in total. The molecule has 94 valence electrons. The van der Waals surface area contributed by atoms with E-state index in [-0.39, 0.29) is 0 Å². The van der Waals surface area contributed by atoms with Crippen LogP contribution in [0, 0.1) is 5.41 Å². The molecule has 0 radical (unpaired) electrons. The van der Waals surface area contributed by atoms with Gasteiger partial charge in [-0.05, 0) is 41.9 Å². The summed E-state index contributed by atoms with van der Waals surface area (Å²) >= 11 is 0. The van der Waals surface area contributed by atoms with Crippen LogP contribution in [0.4, 0.5) is 5.69 Å². The topological polar surface area (TPSA) is 12.0 Å². The van der Waals surface area contributed by atoms with Crippen LogP contribution in [-0.4, -0.2) is 6.04 Å². The summed E-state index contributed by atoms with van der Waals surface area (Å²) in [5.41, 5.74) is 4.70. The number of hydrogen-bond donors (Lipinski definition) is 1. The molecule has 0 amide bonds. The number of fused-ring (bicyclic) bond motifs is 1. The van der Waals surface area contributed by atoms with Gasteiger partial charge in [0.15, 0.2) is 0 Å². The molecule has 1 aliphatic heterocycles. The zero-order chi connectivity index (χ0) is 12.5. The second-order valence-electron chi connectivity index (χ2n) is 6.36. The highest BCUT2D eigenvalue weighted by atomic mass is 15.0. The van der Waals surface area contributed by atoms with E-state index in [1.807, 2.05) is 0 Å². The molecule has 17 heavy (non-hydrogen) atoms. The Labute approximate surface area is 106 Å². The lowest BCUT2D eigenvalue weighted by atomic mass is 9.85. The molecule has 1 heteroatoms. The fraction of sp³-hybridized carbons (Fsp3) is 0.625. The first-order valence-corrected chi connectivity index (χ1v) is 6.89. The van der Waals surface area contributed by atoms with Gasteiger partial charge in [-0.2, -0.15) is 0 Å². The maximum atomic E-state index is 3.66. The molecule has 1 atom stereocenters. The Hall–Kier alpha value is -0.980. The van der Waals surface area contributed by atoms with Crippen LogP contribution in [0.25, 0.3) is 0 Å². The van der Waals surface area contributed by atoms with Crippen LogP contribution >= 0.6 is 0 Å². The molecule has 0 bridgehead atoms. The number of hydrogen-bond acceptors (Lipinski definition) is 1. The molecule has 0 spiro atoms. The van der Waals surface area contributed by atoms with Gasteiger partial charge in [0.25, 0.3) is 0 Å². The predicted octanol–water partition coefficient (Wildman–Crippen LogP) is 4.41. The highest BCUT2D eigenvalue weighted by Gasteiger charge is 2.30. The van der Waals surface area contributed by atoms with Gasteiger partial charge >= 0.3 is 0 Å². The number of aryl methyl sites for hydroxylation is 1. The largest absolute Gasteiger partial charge is 0.381 e. The van der Waals surface area contributed by atoms with Crippen molar-refractivity contribution < 1.29 is 0 Å². The third-order valence-corrected chi connectivity index (χ3v) is 3.79. The van der Waals surface area contributed by atoms with Gasteiger partial charge in [0, 0.05) is 11.7 Å². The van der Waals surface area contributed by atoms with Crippen LogP contribution in [0.5, 0.6) is 0 Å². The van der Waals surface area contributed by atoms with Crippen molar-refractivity contribution in [2.24, 2.45) is 5.41 Å². The third-order valence-electron chi connectivity index (χ3n) is 3.79. The predicted molar refractivity (Wildman–Crippen MR) is 75.6 cm³/mol. The zero-order valence-electron chi connectivity index (χ0n) is 11.6. The molecule has 0 fully saturated rings. The Morgan fingerprint density at radius 1 is 1.29 bits per heavy atom.